The first kappa shape index (κ1) is 10.2. The van der Waals surface area contributed by atoms with Crippen LogP contribution in [-0.4, -0.2) is 27.2 Å². The Morgan fingerprint density at radius 1 is 1.67 bits per heavy atom. The molecule has 0 radical (unpaired) electrons. The van der Waals surface area contributed by atoms with E-state index in [1.54, 1.807) is 0 Å². The second kappa shape index (κ2) is 3.38. The molecule has 4 nitrogen and oxygen atoms in total. The van der Waals surface area contributed by atoms with Crippen molar-refractivity contribution in [1.29, 1.82) is 0 Å². The number of aromatic amines is 1. The summed E-state index contributed by atoms with van der Waals surface area (Å²) in [6.45, 7) is 4.02. The fourth-order valence-electron chi connectivity index (χ4n) is 2.16. The van der Waals surface area contributed by atoms with E-state index in [-0.39, 0.29) is 17.4 Å². The summed E-state index contributed by atoms with van der Waals surface area (Å²) in [5.41, 5.74) is 0.874. The molecule has 2 N–H and O–H groups in total. The summed E-state index contributed by atoms with van der Waals surface area (Å²) < 4.78 is 0. The Bertz CT molecular complexity index is 357. The minimum atomic E-state index is -0.184. The number of nitrogens with zero attached hydrogens (tertiary/aromatic N) is 1. The molecule has 15 heavy (non-hydrogen) atoms. The highest BCUT2D eigenvalue weighted by atomic mass is 16.5. The van der Waals surface area contributed by atoms with Gasteiger partial charge in [0.2, 0.25) is 5.91 Å². The van der Waals surface area contributed by atoms with E-state index in [1.165, 1.54) is 0 Å². The molecule has 1 saturated heterocycles. The third-order valence-electron chi connectivity index (χ3n) is 3.14. The van der Waals surface area contributed by atoms with Gasteiger partial charge in [-0.1, -0.05) is 13.8 Å². The van der Waals surface area contributed by atoms with Gasteiger partial charge >= 0.3 is 0 Å². The van der Waals surface area contributed by atoms with Crippen LogP contribution in [0.15, 0.2) is 18.3 Å². The molecule has 1 aliphatic heterocycles. The summed E-state index contributed by atoms with van der Waals surface area (Å²) >= 11 is 0. The van der Waals surface area contributed by atoms with Crippen LogP contribution >= 0.6 is 0 Å². The molecule has 0 aliphatic carbocycles. The summed E-state index contributed by atoms with van der Waals surface area (Å²) in [4.78, 5) is 14.5. The molecule has 0 bridgehead atoms. The fraction of sp³-hybridized carbons (Fsp3) is 0.545. The first-order valence-corrected chi connectivity index (χ1v) is 5.14. The van der Waals surface area contributed by atoms with Crippen LogP contribution in [0.5, 0.6) is 0 Å². The quantitative estimate of drug-likeness (QED) is 0.725. The monoisotopic (exact) mass is 208 g/mol. The number of aromatic nitrogens is 1. The second-order valence-corrected chi connectivity index (χ2v) is 4.82. The molecule has 2 rings (SSSR count). The van der Waals surface area contributed by atoms with Crippen molar-refractivity contribution >= 4 is 5.91 Å². The van der Waals surface area contributed by atoms with Gasteiger partial charge in [-0.15, -0.1) is 0 Å². The number of hydrogen-bond acceptors (Lipinski definition) is 2. The number of rotatable bonds is 2. The van der Waals surface area contributed by atoms with E-state index >= 15 is 0 Å². The molecule has 1 unspecified atom stereocenters. The summed E-state index contributed by atoms with van der Waals surface area (Å²) in [6.07, 6.45) is 2.93. The molecule has 1 aromatic heterocycles. The van der Waals surface area contributed by atoms with Crippen molar-refractivity contribution in [3.8, 4) is 0 Å². The predicted octanol–water partition coefficient (Wildman–Crippen LogP) is 1.57. The van der Waals surface area contributed by atoms with Gasteiger partial charge in [-0.05, 0) is 17.5 Å². The van der Waals surface area contributed by atoms with Gasteiger partial charge in [0.05, 0.1) is 6.04 Å². The molecular formula is C11H16N2O2. The van der Waals surface area contributed by atoms with Crippen molar-refractivity contribution in [3.05, 3.63) is 24.0 Å². The van der Waals surface area contributed by atoms with Crippen LogP contribution < -0.4 is 0 Å². The van der Waals surface area contributed by atoms with Crippen LogP contribution in [-0.2, 0) is 11.2 Å². The standard InChI is InChI=1S/C11H16N2O2/c1-11(2)7-10(14)13(15)9(11)6-8-4-3-5-12-8/h3-5,9,12,15H,6-7H2,1-2H3. The van der Waals surface area contributed by atoms with Crippen LogP contribution in [0, 0.1) is 5.41 Å². The normalized spacial score (nSPS) is 24.9. The summed E-state index contributed by atoms with van der Waals surface area (Å²) in [6, 6.07) is 3.75. The van der Waals surface area contributed by atoms with Gasteiger partial charge in [-0.2, -0.15) is 0 Å². The van der Waals surface area contributed by atoms with Gasteiger partial charge in [-0.3, -0.25) is 10.0 Å². The molecule has 0 aromatic carbocycles. The number of amides is 1. The van der Waals surface area contributed by atoms with E-state index in [4.69, 9.17) is 0 Å². The largest absolute Gasteiger partial charge is 0.365 e. The lowest BCUT2D eigenvalue weighted by Gasteiger charge is -2.28. The molecule has 1 aromatic rings. The summed E-state index contributed by atoms with van der Waals surface area (Å²) in [5.74, 6) is -0.184. The van der Waals surface area contributed by atoms with Crippen molar-refractivity contribution in [2.75, 3.05) is 0 Å². The van der Waals surface area contributed by atoms with E-state index < -0.39 is 0 Å². The number of carbonyl (C=O) groups excluding carboxylic acids is 1. The minimum absolute atomic E-state index is 0.136. The molecule has 4 heteroatoms. The lowest BCUT2D eigenvalue weighted by Crippen LogP contribution is -2.37. The number of hydroxylamine groups is 2. The molecule has 1 fully saturated rings. The average molecular weight is 208 g/mol. The maximum absolute atomic E-state index is 11.4. The van der Waals surface area contributed by atoms with Crippen molar-refractivity contribution < 1.29 is 10.0 Å². The maximum Gasteiger partial charge on any atom is 0.246 e. The lowest BCUT2D eigenvalue weighted by atomic mass is 9.82. The van der Waals surface area contributed by atoms with Crippen LogP contribution in [0.25, 0.3) is 0 Å². The van der Waals surface area contributed by atoms with Gasteiger partial charge in [0, 0.05) is 24.7 Å². The van der Waals surface area contributed by atoms with Crippen LogP contribution in [0.1, 0.15) is 26.0 Å². The highest BCUT2D eigenvalue weighted by Gasteiger charge is 2.45. The average Bonchev–Trinajstić information content (AvgIpc) is 2.69. The van der Waals surface area contributed by atoms with Crippen molar-refractivity contribution in [2.45, 2.75) is 32.7 Å². The Balaban J connectivity index is 2.17. The molecule has 1 amide bonds. The van der Waals surface area contributed by atoms with Gasteiger partial charge < -0.3 is 4.98 Å². The molecule has 2 heterocycles. The van der Waals surface area contributed by atoms with E-state index in [9.17, 15) is 10.0 Å². The number of H-pyrrole nitrogens is 1. The summed E-state index contributed by atoms with van der Waals surface area (Å²) in [5, 5.41) is 10.6. The summed E-state index contributed by atoms with van der Waals surface area (Å²) in [7, 11) is 0. The molecule has 82 valence electrons. The van der Waals surface area contributed by atoms with Crippen LogP contribution in [0.2, 0.25) is 0 Å². The molecule has 1 atom stereocenters. The SMILES string of the molecule is CC1(C)CC(=O)N(O)C1Cc1ccc[nH]1. The topological polar surface area (TPSA) is 56.3 Å². The van der Waals surface area contributed by atoms with Gasteiger partial charge in [-0.25, -0.2) is 5.06 Å². The number of nitrogens with one attached hydrogen (secondary N) is 1. The van der Waals surface area contributed by atoms with Crippen molar-refractivity contribution in [1.82, 2.24) is 10.0 Å². The van der Waals surface area contributed by atoms with Crippen LogP contribution in [0.4, 0.5) is 0 Å². The van der Waals surface area contributed by atoms with E-state index in [1.807, 2.05) is 32.2 Å². The maximum atomic E-state index is 11.4. The Morgan fingerprint density at radius 2 is 2.40 bits per heavy atom. The first-order chi connectivity index (χ1) is 7.00. The Kier molecular flexibility index (Phi) is 2.31. The number of carbonyl (C=O) groups is 1. The zero-order valence-corrected chi connectivity index (χ0v) is 9.03. The zero-order valence-electron chi connectivity index (χ0n) is 9.03. The lowest BCUT2D eigenvalue weighted by molar-refractivity contribution is -0.167. The first-order valence-electron chi connectivity index (χ1n) is 5.14. The predicted molar refractivity (Wildman–Crippen MR) is 55.3 cm³/mol. The van der Waals surface area contributed by atoms with Crippen molar-refractivity contribution in [3.63, 3.8) is 0 Å². The molecule has 1 aliphatic rings. The van der Waals surface area contributed by atoms with Crippen LogP contribution in [0.3, 0.4) is 0 Å². The molecule has 0 saturated carbocycles. The molecular weight excluding hydrogens is 192 g/mol. The third kappa shape index (κ3) is 1.77. The Labute approximate surface area is 88.9 Å². The smallest absolute Gasteiger partial charge is 0.246 e. The molecule has 0 spiro atoms. The van der Waals surface area contributed by atoms with Gasteiger partial charge in [0.15, 0.2) is 0 Å². The van der Waals surface area contributed by atoms with Gasteiger partial charge in [0.25, 0.3) is 0 Å². The highest BCUT2D eigenvalue weighted by molar-refractivity contribution is 5.78. The third-order valence-corrected chi connectivity index (χ3v) is 3.14. The second-order valence-electron chi connectivity index (χ2n) is 4.82. The van der Waals surface area contributed by atoms with E-state index in [0.717, 1.165) is 10.8 Å². The zero-order chi connectivity index (χ0) is 11.1. The minimum Gasteiger partial charge on any atom is -0.365 e. The highest BCUT2D eigenvalue weighted by Crippen LogP contribution is 2.37. The Hall–Kier alpha value is -1.29. The van der Waals surface area contributed by atoms with Gasteiger partial charge in [0.1, 0.15) is 0 Å². The fourth-order valence-corrected chi connectivity index (χ4v) is 2.16. The van der Waals surface area contributed by atoms with E-state index in [2.05, 4.69) is 4.98 Å². The van der Waals surface area contributed by atoms with Crippen molar-refractivity contribution in [2.24, 2.45) is 5.41 Å². The number of hydrogen-bond donors (Lipinski definition) is 2. The van der Waals surface area contributed by atoms with E-state index in [0.29, 0.717) is 12.8 Å². The Morgan fingerprint density at radius 3 is 2.87 bits per heavy atom.